The van der Waals surface area contributed by atoms with Crippen LogP contribution in [0.3, 0.4) is 0 Å². The van der Waals surface area contributed by atoms with Crippen LogP contribution in [0.5, 0.6) is 0 Å². The number of hydrogen-bond acceptors (Lipinski definition) is 5. The van der Waals surface area contributed by atoms with Crippen molar-refractivity contribution in [3.8, 4) is 11.4 Å². The number of nitrogens with two attached hydrogens (primary N) is 1. The van der Waals surface area contributed by atoms with Crippen molar-refractivity contribution >= 4 is 23.2 Å². The van der Waals surface area contributed by atoms with E-state index in [1.54, 1.807) is 18.2 Å². The molecule has 1 aliphatic heterocycles. The van der Waals surface area contributed by atoms with Crippen LogP contribution in [0.15, 0.2) is 22.7 Å². The third-order valence-corrected chi connectivity index (χ3v) is 4.54. The lowest BCUT2D eigenvalue weighted by molar-refractivity contribution is 0.0409. The van der Waals surface area contributed by atoms with Gasteiger partial charge in [-0.1, -0.05) is 34.4 Å². The first-order chi connectivity index (χ1) is 10.2. The van der Waals surface area contributed by atoms with Gasteiger partial charge in [-0.25, -0.2) is 0 Å². The standard InChI is InChI=1S/C14H15Cl2N3O2/c15-9-2-1-3-10(16)11(9)12-18-13(21-19-12)14(8-17)4-6-20-7-5-14/h1-3H,4-8,17H2. The van der Waals surface area contributed by atoms with Crippen LogP contribution in [0.2, 0.25) is 10.0 Å². The van der Waals surface area contributed by atoms with Crippen molar-refractivity contribution in [1.29, 1.82) is 0 Å². The summed E-state index contributed by atoms with van der Waals surface area (Å²) in [4.78, 5) is 4.49. The molecule has 21 heavy (non-hydrogen) atoms. The van der Waals surface area contributed by atoms with Crippen LogP contribution in [-0.2, 0) is 10.2 Å². The minimum atomic E-state index is -0.322. The number of rotatable bonds is 3. The van der Waals surface area contributed by atoms with Gasteiger partial charge >= 0.3 is 0 Å². The second-order valence-electron chi connectivity index (χ2n) is 5.12. The fraction of sp³-hybridized carbons (Fsp3) is 0.429. The monoisotopic (exact) mass is 327 g/mol. The van der Waals surface area contributed by atoms with Gasteiger partial charge in [-0.2, -0.15) is 4.98 Å². The molecule has 1 aromatic carbocycles. The highest BCUT2D eigenvalue weighted by Gasteiger charge is 2.39. The lowest BCUT2D eigenvalue weighted by Gasteiger charge is -2.32. The average molecular weight is 328 g/mol. The highest BCUT2D eigenvalue weighted by atomic mass is 35.5. The molecule has 2 aromatic rings. The Balaban J connectivity index is 2.00. The highest BCUT2D eigenvalue weighted by molar-refractivity contribution is 6.38. The van der Waals surface area contributed by atoms with Crippen molar-refractivity contribution in [2.45, 2.75) is 18.3 Å². The minimum absolute atomic E-state index is 0.322. The zero-order valence-corrected chi connectivity index (χ0v) is 12.8. The summed E-state index contributed by atoms with van der Waals surface area (Å²) in [6.07, 6.45) is 1.53. The first-order valence-corrected chi connectivity index (χ1v) is 7.48. The summed E-state index contributed by atoms with van der Waals surface area (Å²) in [6.45, 7) is 1.72. The van der Waals surface area contributed by atoms with E-state index < -0.39 is 0 Å². The van der Waals surface area contributed by atoms with Crippen LogP contribution >= 0.6 is 23.2 Å². The zero-order valence-electron chi connectivity index (χ0n) is 11.3. The Kier molecular flexibility index (Phi) is 4.17. The summed E-state index contributed by atoms with van der Waals surface area (Å²) in [6, 6.07) is 5.26. The number of aromatic nitrogens is 2. The van der Waals surface area contributed by atoms with E-state index >= 15 is 0 Å². The molecule has 0 saturated carbocycles. The first-order valence-electron chi connectivity index (χ1n) is 6.73. The molecule has 3 rings (SSSR count). The Bertz CT molecular complexity index is 619. The summed E-state index contributed by atoms with van der Waals surface area (Å²) in [5, 5.41) is 5.00. The molecule has 1 aromatic heterocycles. The molecule has 1 saturated heterocycles. The number of halogens is 2. The molecule has 0 aliphatic carbocycles. The van der Waals surface area contributed by atoms with Gasteiger partial charge in [0.2, 0.25) is 11.7 Å². The van der Waals surface area contributed by atoms with Crippen molar-refractivity contribution in [2.24, 2.45) is 5.73 Å². The predicted molar refractivity (Wildman–Crippen MR) is 80.5 cm³/mol. The Labute approximate surface area is 132 Å². The topological polar surface area (TPSA) is 74.2 Å². The molecule has 112 valence electrons. The number of nitrogens with zero attached hydrogens (tertiary/aromatic N) is 2. The third kappa shape index (κ3) is 2.66. The summed E-state index contributed by atoms with van der Waals surface area (Å²) in [5.74, 6) is 0.916. The van der Waals surface area contributed by atoms with Crippen molar-refractivity contribution in [1.82, 2.24) is 10.1 Å². The molecular weight excluding hydrogens is 313 g/mol. The van der Waals surface area contributed by atoms with E-state index in [0.29, 0.717) is 47.1 Å². The van der Waals surface area contributed by atoms with Crippen molar-refractivity contribution < 1.29 is 9.26 Å². The maximum atomic E-state index is 6.18. The average Bonchev–Trinajstić information content (AvgIpc) is 2.98. The molecule has 0 radical (unpaired) electrons. The lowest BCUT2D eigenvalue weighted by atomic mass is 9.80. The van der Waals surface area contributed by atoms with Crippen molar-refractivity contribution in [3.63, 3.8) is 0 Å². The van der Waals surface area contributed by atoms with Gasteiger partial charge in [-0.3, -0.25) is 0 Å². The van der Waals surface area contributed by atoms with Gasteiger partial charge in [0.15, 0.2) is 0 Å². The molecule has 0 unspecified atom stereocenters. The van der Waals surface area contributed by atoms with E-state index in [1.807, 2.05) is 0 Å². The second kappa shape index (κ2) is 5.93. The molecule has 7 heteroatoms. The molecular formula is C14H15Cl2N3O2. The minimum Gasteiger partial charge on any atom is -0.381 e. The summed E-state index contributed by atoms with van der Waals surface area (Å²) >= 11 is 12.4. The molecule has 2 heterocycles. The normalized spacial score (nSPS) is 17.9. The largest absolute Gasteiger partial charge is 0.381 e. The molecule has 1 aliphatic rings. The van der Waals surface area contributed by atoms with Gasteiger partial charge in [-0.05, 0) is 25.0 Å². The van der Waals surface area contributed by atoms with Crippen LogP contribution in [0.25, 0.3) is 11.4 Å². The Hall–Kier alpha value is -1.14. The van der Waals surface area contributed by atoms with Gasteiger partial charge in [-0.15, -0.1) is 0 Å². The van der Waals surface area contributed by atoms with E-state index in [4.69, 9.17) is 38.2 Å². The van der Waals surface area contributed by atoms with E-state index in [0.717, 1.165) is 12.8 Å². The Morgan fingerprint density at radius 2 is 1.86 bits per heavy atom. The molecule has 0 atom stereocenters. The van der Waals surface area contributed by atoms with Gasteiger partial charge in [0.05, 0.1) is 21.0 Å². The molecule has 1 fully saturated rings. The summed E-state index contributed by atoms with van der Waals surface area (Å²) < 4.78 is 10.8. The molecule has 0 spiro atoms. The fourth-order valence-electron chi connectivity index (χ4n) is 2.52. The molecule has 2 N–H and O–H groups in total. The quantitative estimate of drug-likeness (QED) is 0.937. The maximum absolute atomic E-state index is 6.18. The lowest BCUT2D eigenvalue weighted by Crippen LogP contribution is -2.40. The predicted octanol–water partition coefficient (Wildman–Crippen LogP) is 3.05. The molecule has 0 bridgehead atoms. The van der Waals surface area contributed by atoms with Crippen molar-refractivity contribution in [2.75, 3.05) is 19.8 Å². The van der Waals surface area contributed by atoms with E-state index in [1.165, 1.54) is 0 Å². The number of benzene rings is 1. The van der Waals surface area contributed by atoms with Gasteiger partial charge in [0, 0.05) is 19.8 Å². The third-order valence-electron chi connectivity index (χ3n) is 3.91. The molecule has 5 nitrogen and oxygen atoms in total. The first kappa shape index (κ1) is 14.8. The second-order valence-corrected chi connectivity index (χ2v) is 5.93. The van der Waals surface area contributed by atoms with Crippen molar-refractivity contribution in [3.05, 3.63) is 34.1 Å². The van der Waals surface area contributed by atoms with Crippen LogP contribution < -0.4 is 5.73 Å². The van der Waals surface area contributed by atoms with Crippen LogP contribution in [-0.4, -0.2) is 29.9 Å². The summed E-state index contributed by atoms with van der Waals surface area (Å²) in [5.41, 5.74) is 6.20. The highest BCUT2D eigenvalue weighted by Crippen LogP contribution is 2.37. The van der Waals surface area contributed by atoms with Gasteiger partial charge < -0.3 is 15.0 Å². The van der Waals surface area contributed by atoms with E-state index in [-0.39, 0.29) is 5.41 Å². The number of ether oxygens (including phenoxy) is 1. The number of hydrogen-bond donors (Lipinski definition) is 1. The Morgan fingerprint density at radius 1 is 1.19 bits per heavy atom. The maximum Gasteiger partial charge on any atom is 0.234 e. The Morgan fingerprint density at radius 3 is 2.48 bits per heavy atom. The van der Waals surface area contributed by atoms with Gasteiger partial charge in [0.1, 0.15) is 0 Å². The van der Waals surface area contributed by atoms with E-state index in [9.17, 15) is 0 Å². The fourth-order valence-corrected chi connectivity index (χ4v) is 3.09. The zero-order chi connectivity index (χ0) is 14.9. The van der Waals surface area contributed by atoms with Crippen LogP contribution in [0.1, 0.15) is 18.7 Å². The summed E-state index contributed by atoms with van der Waals surface area (Å²) in [7, 11) is 0. The van der Waals surface area contributed by atoms with E-state index in [2.05, 4.69) is 10.1 Å². The van der Waals surface area contributed by atoms with Crippen LogP contribution in [0.4, 0.5) is 0 Å². The smallest absolute Gasteiger partial charge is 0.234 e. The van der Waals surface area contributed by atoms with Gasteiger partial charge in [0.25, 0.3) is 0 Å². The van der Waals surface area contributed by atoms with Crippen LogP contribution in [0, 0.1) is 0 Å². The molecule has 0 amide bonds. The SMILES string of the molecule is NCC1(c2nc(-c3c(Cl)cccc3Cl)no2)CCOCC1.